The Morgan fingerprint density at radius 3 is 2.79 bits per heavy atom. The van der Waals surface area contributed by atoms with Gasteiger partial charge in [0, 0.05) is 22.3 Å². The van der Waals surface area contributed by atoms with Crippen LogP contribution in [-0.2, 0) is 11.3 Å². The average molecular weight is 301 g/mol. The number of hydrogen-bond donors (Lipinski definition) is 1. The second-order valence-corrected chi connectivity index (χ2v) is 5.28. The zero-order valence-corrected chi connectivity index (χ0v) is 12.1. The summed E-state index contributed by atoms with van der Waals surface area (Å²) < 4.78 is 11.5. The second-order valence-electron chi connectivity index (χ2n) is 3.85. The monoisotopic (exact) mass is 300 g/mol. The number of hydrogen-bond acceptors (Lipinski definition) is 4. The van der Waals surface area contributed by atoms with Crippen LogP contribution in [0.1, 0.15) is 22.2 Å². The molecule has 0 aliphatic rings. The van der Waals surface area contributed by atoms with Crippen LogP contribution in [0.25, 0.3) is 10.1 Å². The molecule has 0 spiro atoms. The summed E-state index contributed by atoms with van der Waals surface area (Å²) in [5.41, 5.74) is 0.881. The standard InChI is InChI=1S/C13H13ClO4S/c1-3-18-6-7-4-10-8(5-9(7)17-2)11(14)12(19-10)13(15)16/h4-5H,3,6H2,1-2H3,(H,15,16). The maximum absolute atomic E-state index is 11.1. The summed E-state index contributed by atoms with van der Waals surface area (Å²) in [5.74, 6) is -0.367. The third kappa shape index (κ3) is 2.68. The Morgan fingerprint density at radius 2 is 2.21 bits per heavy atom. The number of carboxylic acids is 1. The summed E-state index contributed by atoms with van der Waals surface area (Å²) in [6.07, 6.45) is 0. The third-order valence-corrected chi connectivity index (χ3v) is 4.33. The van der Waals surface area contributed by atoms with E-state index >= 15 is 0 Å². The molecule has 0 aliphatic heterocycles. The van der Waals surface area contributed by atoms with Crippen LogP contribution in [0.5, 0.6) is 5.75 Å². The molecule has 0 aliphatic carbocycles. The quantitative estimate of drug-likeness (QED) is 0.912. The molecule has 0 saturated heterocycles. The Morgan fingerprint density at radius 1 is 1.47 bits per heavy atom. The van der Waals surface area contributed by atoms with Crippen LogP contribution in [0.2, 0.25) is 5.02 Å². The minimum atomic E-state index is -1.02. The van der Waals surface area contributed by atoms with Gasteiger partial charge in [-0.1, -0.05) is 11.6 Å². The van der Waals surface area contributed by atoms with Gasteiger partial charge in [-0.3, -0.25) is 0 Å². The molecule has 0 saturated carbocycles. The third-order valence-electron chi connectivity index (χ3n) is 2.69. The van der Waals surface area contributed by atoms with Crippen LogP contribution < -0.4 is 4.74 Å². The molecule has 1 N–H and O–H groups in total. The lowest BCUT2D eigenvalue weighted by atomic mass is 10.1. The smallest absolute Gasteiger partial charge is 0.347 e. The van der Waals surface area contributed by atoms with Crippen LogP contribution in [0.4, 0.5) is 0 Å². The fourth-order valence-electron chi connectivity index (χ4n) is 1.79. The van der Waals surface area contributed by atoms with E-state index in [4.69, 9.17) is 26.2 Å². The highest BCUT2D eigenvalue weighted by atomic mass is 35.5. The highest BCUT2D eigenvalue weighted by Crippen LogP contribution is 2.39. The Hall–Kier alpha value is -1.30. The number of fused-ring (bicyclic) bond motifs is 1. The number of thiophene rings is 1. The van der Waals surface area contributed by atoms with Gasteiger partial charge in [-0.15, -0.1) is 11.3 Å². The SMILES string of the molecule is CCOCc1cc2sc(C(=O)O)c(Cl)c2cc1OC. The predicted octanol–water partition coefficient (Wildman–Crippen LogP) is 3.80. The van der Waals surface area contributed by atoms with Gasteiger partial charge in [0.25, 0.3) is 0 Å². The van der Waals surface area contributed by atoms with Crippen molar-refractivity contribution in [3.05, 3.63) is 27.6 Å². The van der Waals surface area contributed by atoms with Crippen LogP contribution in [0.15, 0.2) is 12.1 Å². The number of rotatable bonds is 5. The normalized spacial score (nSPS) is 10.9. The van der Waals surface area contributed by atoms with Crippen molar-refractivity contribution >= 4 is 39.0 Å². The summed E-state index contributed by atoms with van der Waals surface area (Å²) >= 11 is 7.24. The highest BCUT2D eigenvalue weighted by molar-refractivity contribution is 7.21. The van der Waals surface area contributed by atoms with Gasteiger partial charge in [-0.2, -0.15) is 0 Å². The summed E-state index contributed by atoms with van der Waals surface area (Å²) in [7, 11) is 1.56. The van der Waals surface area contributed by atoms with E-state index in [9.17, 15) is 4.79 Å². The Bertz CT molecular complexity index is 621. The van der Waals surface area contributed by atoms with E-state index in [1.54, 1.807) is 13.2 Å². The largest absolute Gasteiger partial charge is 0.496 e. The number of benzene rings is 1. The summed E-state index contributed by atoms with van der Waals surface area (Å²) in [4.78, 5) is 11.2. The topological polar surface area (TPSA) is 55.8 Å². The van der Waals surface area contributed by atoms with E-state index in [1.165, 1.54) is 0 Å². The van der Waals surface area contributed by atoms with Gasteiger partial charge in [0.2, 0.25) is 0 Å². The van der Waals surface area contributed by atoms with Gasteiger partial charge in [0.05, 0.1) is 18.7 Å². The molecular weight excluding hydrogens is 288 g/mol. The lowest BCUT2D eigenvalue weighted by Gasteiger charge is -2.08. The number of ether oxygens (including phenoxy) is 2. The van der Waals surface area contributed by atoms with Crippen molar-refractivity contribution in [3.63, 3.8) is 0 Å². The van der Waals surface area contributed by atoms with Crippen LogP contribution >= 0.6 is 22.9 Å². The maximum Gasteiger partial charge on any atom is 0.347 e. The van der Waals surface area contributed by atoms with E-state index in [1.807, 2.05) is 13.0 Å². The molecule has 0 bridgehead atoms. The summed E-state index contributed by atoms with van der Waals surface area (Å²) in [6.45, 7) is 2.94. The van der Waals surface area contributed by atoms with Crippen LogP contribution in [0, 0.1) is 0 Å². The van der Waals surface area contributed by atoms with Crippen molar-refractivity contribution in [3.8, 4) is 5.75 Å². The molecule has 1 aromatic heterocycles. The molecule has 0 amide bonds. The maximum atomic E-state index is 11.1. The summed E-state index contributed by atoms with van der Waals surface area (Å²) in [6, 6.07) is 3.63. The van der Waals surface area contributed by atoms with Gasteiger partial charge in [0.1, 0.15) is 10.6 Å². The number of aromatic carboxylic acids is 1. The van der Waals surface area contributed by atoms with Gasteiger partial charge >= 0.3 is 5.97 Å². The minimum Gasteiger partial charge on any atom is -0.496 e. The zero-order chi connectivity index (χ0) is 14.0. The Labute approximate surface area is 119 Å². The van der Waals surface area contributed by atoms with Gasteiger partial charge < -0.3 is 14.6 Å². The number of methoxy groups -OCH3 is 1. The molecule has 1 heterocycles. The molecule has 0 unspecified atom stereocenters. The highest BCUT2D eigenvalue weighted by Gasteiger charge is 2.18. The lowest BCUT2D eigenvalue weighted by Crippen LogP contribution is -1.96. The zero-order valence-electron chi connectivity index (χ0n) is 10.5. The van der Waals surface area contributed by atoms with Crippen molar-refractivity contribution in [1.82, 2.24) is 0 Å². The van der Waals surface area contributed by atoms with Crippen molar-refractivity contribution in [1.29, 1.82) is 0 Å². The first kappa shape index (κ1) is 14.1. The molecule has 0 radical (unpaired) electrons. The van der Waals surface area contributed by atoms with Crippen LogP contribution in [-0.4, -0.2) is 24.8 Å². The Kier molecular flexibility index (Phi) is 4.29. The second kappa shape index (κ2) is 5.77. The van der Waals surface area contributed by atoms with E-state index in [-0.39, 0.29) is 9.90 Å². The summed E-state index contributed by atoms with van der Waals surface area (Å²) in [5, 5.41) is 10.0. The van der Waals surface area contributed by atoms with Gasteiger partial charge in [-0.25, -0.2) is 4.79 Å². The molecule has 19 heavy (non-hydrogen) atoms. The molecule has 1 aromatic carbocycles. The van der Waals surface area contributed by atoms with Gasteiger partial charge in [-0.05, 0) is 19.1 Å². The van der Waals surface area contributed by atoms with Crippen molar-refractivity contribution in [2.45, 2.75) is 13.5 Å². The van der Waals surface area contributed by atoms with Crippen molar-refractivity contribution in [2.24, 2.45) is 0 Å². The van der Waals surface area contributed by atoms with E-state index in [2.05, 4.69) is 0 Å². The fourth-order valence-corrected chi connectivity index (χ4v) is 3.18. The molecule has 0 fully saturated rings. The Balaban J connectivity index is 2.57. The molecule has 4 nitrogen and oxygen atoms in total. The lowest BCUT2D eigenvalue weighted by molar-refractivity contribution is 0.0702. The first-order valence-corrected chi connectivity index (χ1v) is 6.87. The van der Waals surface area contributed by atoms with Crippen molar-refractivity contribution < 1.29 is 19.4 Å². The number of carbonyl (C=O) groups is 1. The first-order valence-electron chi connectivity index (χ1n) is 5.68. The predicted molar refractivity (Wildman–Crippen MR) is 75.7 cm³/mol. The van der Waals surface area contributed by atoms with E-state index < -0.39 is 5.97 Å². The molecular formula is C13H13ClO4S. The van der Waals surface area contributed by atoms with E-state index in [0.717, 1.165) is 21.6 Å². The number of carboxylic acid groups (broad SMARTS) is 1. The van der Waals surface area contributed by atoms with Crippen molar-refractivity contribution in [2.75, 3.05) is 13.7 Å². The van der Waals surface area contributed by atoms with Gasteiger partial charge in [0.15, 0.2) is 0 Å². The molecule has 2 rings (SSSR count). The van der Waals surface area contributed by atoms with E-state index in [0.29, 0.717) is 24.3 Å². The number of halogens is 1. The molecule has 6 heteroatoms. The first-order chi connectivity index (χ1) is 9.08. The molecule has 0 atom stereocenters. The average Bonchev–Trinajstić information content (AvgIpc) is 2.72. The van der Waals surface area contributed by atoms with Crippen LogP contribution in [0.3, 0.4) is 0 Å². The molecule has 102 valence electrons. The minimum absolute atomic E-state index is 0.146. The fraction of sp³-hybridized carbons (Fsp3) is 0.308. The molecule has 2 aromatic rings.